The van der Waals surface area contributed by atoms with E-state index in [-0.39, 0.29) is 29.6 Å². The molecule has 6 nitrogen and oxygen atoms in total. The number of hydrogen-bond donors (Lipinski definition) is 3. The molecule has 0 bridgehead atoms. The van der Waals surface area contributed by atoms with Gasteiger partial charge < -0.3 is 11.1 Å². The number of sulfonamides is 1. The molecule has 15 heavy (non-hydrogen) atoms. The molecule has 1 unspecified atom stereocenters. The molecule has 0 aromatic heterocycles. The van der Waals surface area contributed by atoms with Crippen LogP contribution in [0.3, 0.4) is 0 Å². The lowest BCUT2D eigenvalue weighted by Crippen LogP contribution is -2.37. The lowest BCUT2D eigenvalue weighted by molar-refractivity contribution is -0.122. The van der Waals surface area contributed by atoms with Crippen LogP contribution in [0, 0.1) is 5.92 Å². The van der Waals surface area contributed by atoms with Crippen LogP contribution < -0.4 is 16.2 Å². The molecule has 1 atom stereocenters. The summed E-state index contributed by atoms with van der Waals surface area (Å²) in [4.78, 5) is 11.4. The Bertz CT molecular complexity index is 339. The third-order valence-corrected chi connectivity index (χ3v) is 2.94. The minimum atomic E-state index is -3.46. The molecule has 0 radical (unpaired) electrons. The van der Waals surface area contributed by atoms with Crippen LogP contribution in [0.4, 0.5) is 0 Å². The molecule has 0 saturated carbocycles. The second-order valence-corrected chi connectivity index (χ2v) is 5.34. The zero-order valence-electron chi connectivity index (χ0n) is 8.39. The van der Waals surface area contributed by atoms with Gasteiger partial charge in [0.2, 0.25) is 15.9 Å². The molecular weight excluding hydrogens is 238 g/mol. The van der Waals surface area contributed by atoms with Gasteiger partial charge in [0.05, 0.1) is 16.7 Å². The predicted octanol–water partition coefficient (Wildman–Crippen LogP) is -1.30. The van der Waals surface area contributed by atoms with Crippen LogP contribution in [0.5, 0.6) is 0 Å². The van der Waals surface area contributed by atoms with Gasteiger partial charge in [-0.15, -0.1) is 0 Å². The van der Waals surface area contributed by atoms with E-state index in [1.54, 1.807) is 6.92 Å². The first-order valence-corrected chi connectivity index (χ1v) is 6.44. The molecule has 88 valence electrons. The lowest BCUT2D eigenvalue weighted by atomic mass is 10.1. The fourth-order valence-electron chi connectivity index (χ4n) is 0.767. The summed E-state index contributed by atoms with van der Waals surface area (Å²) in [5, 5.41) is 7.29. The molecule has 1 amide bonds. The van der Waals surface area contributed by atoms with Crippen LogP contribution in [0.1, 0.15) is 13.3 Å². The Morgan fingerprint density at radius 1 is 1.53 bits per heavy atom. The van der Waals surface area contributed by atoms with Crippen molar-refractivity contribution in [3.05, 3.63) is 0 Å². The fourth-order valence-corrected chi connectivity index (χ4v) is 1.42. The maximum Gasteiger partial charge on any atom is 0.229 e. The number of thiocarbonyl (C=S) groups is 1. The normalized spacial score (nSPS) is 13.2. The van der Waals surface area contributed by atoms with Crippen molar-refractivity contribution in [3.63, 3.8) is 0 Å². The molecule has 0 aromatic carbocycles. The highest BCUT2D eigenvalue weighted by Crippen LogP contribution is 1.94. The van der Waals surface area contributed by atoms with Crippen LogP contribution in [-0.2, 0) is 14.8 Å². The zero-order valence-corrected chi connectivity index (χ0v) is 10.0. The van der Waals surface area contributed by atoms with Crippen molar-refractivity contribution in [2.24, 2.45) is 16.8 Å². The summed E-state index contributed by atoms with van der Waals surface area (Å²) in [6, 6.07) is 0. The number of primary sulfonamides is 1. The fraction of sp³-hybridized carbons (Fsp3) is 0.714. The van der Waals surface area contributed by atoms with Crippen molar-refractivity contribution in [1.29, 1.82) is 0 Å². The Hall–Kier alpha value is -0.730. The summed E-state index contributed by atoms with van der Waals surface area (Å²) in [6.45, 7) is 1.82. The highest BCUT2D eigenvalue weighted by atomic mass is 32.2. The maximum absolute atomic E-state index is 11.2. The van der Waals surface area contributed by atoms with Crippen LogP contribution >= 0.6 is 12.2 Å². The van der Waals surface area contributed by atoms with E-state index in [0.29, 0.717) is 0 Å². The second kappa shape index (κ2) is 5.99. The third kappa shape index (κ3) is 7.23. The lowest BCUT2D eigenvalue weighted by Gasteiger charge is -2.09. The first kappa shape index (κ1) is 14.3. The minimum absolute atomic E-state index is 0.110. The van der Waals surface area contributed by atoms with Gasteiger partial charge in [0.15, 0.2) is 0 Å². The highest BCUT2D eigenvalue weighted by Gasteiger charge is 2.14. The molecule has 0 aliphatic heterocycles. The molecule has 0 rings (SSSR count). The largest absolute Gasteiger partial charge is 0.393 e. The van der Waals surface area contributed by atoms with Crippen LogP contribution in [-0.4, -0.2) is 31.6 Å². The van der Waals surface area contributed by atoms with Crippen molar-refractivity contribution in [3.8, 4) is 0 Å². The summed E-state index contributed by atoms with van der Waals surface area (Å²) >= 11 is 4.63. The first-order chi connectivity index (χ1) is 6.74. The van der Waals surface area contributed by atoms with Crippen LogP contribution in [0.25, 0.3) is 0 Å². The van der Waals surface area contributed by atoms with Gasteiger partial charge in [-0.05, 0) is 13.3 Å². The summed E-state index contributed by atoms with van der Waals surface area (Å²) in [7, 11) is -3.46. The Labute approximate surface area is 94.4 Å². The summed E-state index contributed by atoms with van der Waals surface area (Å²) in [5.74, 6) is -1.01. The van der Waals surface area contributed by atoms with Crippen molar-refractivity contribution in [2.75, 3.05) is 12.3 Å². The van der Waals surface area contributed by atoms with E-state index in [1.807, 2.05) is 0 Å². The van der Waals surface area contributed by atoms with Gasteiger partial charge >= 0.3 is 0 Å². The number of nitrogens with one attached hydrogen (secondary N) is 1. The van der Waals surface area contributed by atoms with Crippen LogP contribution in [0.2, 0.25) is 0 Å². The van der Waals surface area contributed by atoms with E-state index in [0.717, 1.165) is 0 Å². The molecule has 0 fully saturated rings. The Morgan fingerprint density at radius 3 is 2.47 bits per heavy atom. The molecule has 8 heteroatoms. The summed E-state index contributed by atoms with van der Waals surface area (Å²) in [5.41, 5.74) is 5.27. The molecular formula is C7H15N3O3S2. The van der Waals surface area contributed by atoms with E-state index in [9.17, 15) is 13.2 Å². The van der Waals surface area contributed by atoms with Gasteiger partial charge in [-0.25, -0.2) is 13.6 Å². The van der Waals surface area contributed by atoms with E-state index in [1.165, 1.54) is 0 Å². The molecule has 0 aliphatic rings. The van der Waals surface area contributed by atoms with E-state index in [2.05, 4.69) is 17.5 Å². The molecule has 0 aromatic rings. The van der Waals surface area contributed by atoms with Gasteiger partial charge in [0.1, 0.15) is 0 Å². The van der Waals surface area contributed by atoms with E-state index in [4.69, 9.17) is 10.9 Å². The monoisotopic (exact) mass is 253 g/mol. The first-order valence-electron chi connectivity index (χ1n) is 4.31. The standard InChI is InChI=1S/C7H15N3O3S2/c1-5(6(8)14)7(11)10-3-2-4-15(9,12)13/h5H,2-4H2,1H3,(H2,8,14)(H,10,11)(H2,9,12,13). The quantitative estimate of drug-likeness (QED) is 0.402. The van der Waals surface area contributed by atoms with E-state index < -0.39 is 15.9 Å². The van der Waals surface area contributed by atoms with Gasteiger partial charge in [0.25, 0.3) is 0 Å². The molecule has 0 heterocycles. The average Bonchev–Trinajstić information content (AvgIpc) is 2.09. The van der Waals surface area contributed by atoms with Crippen molar-refractivity contribution >= 4 is 33.1 Å². The SMILES string of the molecule is CC(C(=O)NCCCS(N)(=O)=O)C(N)=S. The minimum Gasteiger partial charge on any atom is -0.393 e. The molecule has 0 spiro atoms. The summed E-state index contributed by atoms with van der Waals surface area (Å²) < 4.78 is 21.1. The van der Waals surface area contributed by atoms with E-state index >= 15 is 0 Å². The Balaban J connectivity index is 3.79. The van der Waals surface area contributed by atoms with Crippen molar-refractivity contribution < 1.29 is 13.2 Å². The highest BCUT2D eigenvalue weighted by molar-refractivity contribution is 7.89. The van der Waals surface area contributed by atoms with Gasteiger partial charge in [0, 0.05) is 6.54 Å². The number of amides is 1. The van der Waals surface area contributed by atoms with Crippen molar-refractivity contribution in [2.45, 2.75) is 13.3 Å². The topological polar surface area (TPSA) is 115 Å². The summed E-state index contributed by atoms with van der Waals surface area (Å²) in [6.07, 6.45) is 0.272. The second-order valence-electron chi connectivity index (χ2n) is 3.14. The third-order valence-electron chi connectivity index (χ3n) is 1.72. The Kier molecular flexibility index (Phi) is 5.69. The number of carbonyl (C=O) groups excluding carboxylic acids is 1. The van der Waals surface area contributed by atoms with Crippen LogP contribution in [0.15, 0.2) is 0 Å². The van der Waals surface area contributed by atoms with Gasteiger partial charge in [-0.2, -0.15) is 0 Å². The maximum atomic E-state index is 11.2. The van der Waals surface area contributed by atoms with Gasteiger partial charge in [-0.1, -0.05) is 12.2 Å². The van der Waals surface area contributed by atoms with Gasteiger partial charge in [-0.3, -0.25) is 4.79 Å². The number of nitrogens with two attached hydrogens (primary N) is 2. The smallest absolute Gasteiger partial charge is 0.229 e. The number of carbonyl (C=O) groups is 1. The molecule has 0 saturated heterocycles. The zero-order chi connectivity index (χ0) is 12.1. The Morgan fingerprint density at radius 2 is 2.07 bits per heavy atom. The number of hydrogen-bond acceptors (Lipinski definition) is 4. The van der Waals surface area contributed by atoms with Crippen molar-refractivity contribution in [1.82, 2.24) is 5.32 Å². The predicted molar refractivity (Wildman–Crippen MR) is 61.6 cm³/mol. The molecule has 0 aliphatic carbocycles. The molecule has 5 N–H and O–H groups in total. The average molecular weight is 253 g/mol. The number of rotatable bonds is 6.